The van der Waals surface area contributed by atoms with E-state index in [2.05, 4.69) is 53.1 Å². The Balaban J connectivity index is 2.67. The molecular formula is C11H14Br3NO. The van der Waals surface area contributed by atoms with Crippen LogP contribution < -0.4 is 5.32 Å². The molecule has 0 aliphatic rings. The Labute approximate surface area is 121 Å². The van der Waals surface area contributed by atoms with Crippen molar-refractivity contribution in [2.75, 3.05) is 23.8 Å². The number of hydrogen-bond acceptors (Lipinski definition) is 2. The smallest absolute Gasteiger partial charge is 0.0509 e. The zero-order valence-corrected chi connectivity index (χ0v) is 13.7. The number of aliphatic hydroxyl groups is 1. The summed E-state index contributed by atoms with van der Waals surface area (Å²) in [6.45, 7) is 2.90. The maximum atomic E-state index is 9.29. The van der Waals surface area contributed by atoms with Crippen molar-refractivity contribution in [3.05, 3.63) is 27.1 Å². The molecule has 2 N–H and O–H groups in total. The van der Waals surface area contributed by atoms with Crippen molar-refractivity contribution in [2.24, 2.45) is 5.41 Å². The molecule has 0 aromatic heterocycles. The summed E-state index contributed by atoms with van der Waals surface area (Å²) >= 11 is 10.3. The molecule has 1 unspecified atom stereocenters. The van der Waals surface area contributed by atoms with E-state index < -0.39 is 0 Å². The first kappa shape index (κ1) is 14.5. The van der Waals surface area contributed by atoms with Crippen molar-refractivity contribution in [1.29, 1.82) is 0 Å². The Hall–Kier alpha value is 0.420. The van der Waals surface area contributed by atoms with Crippen LogP contribution in [0, 0.1) is 5.41 Å². The molecule has 5 heteroatoms. The molecule has 0 spiro atoms. The van der Waals surface area contributed by atoms with Crippen LogP contribution in [0.1, 0.15) is 6.92 Å². The SMILES string of the molecule is CC(CO)(CBr)CNc1ccc(Br)cc1Br. The summed E-state index contributed by atoms with van der Waals surface area (Å²) in [7, 11) is 0. The van der Waals surface area contributed by atoms with Crippen molar-refractivity contribution in [1.82, 2.24) is 0 Å². The van der Waals surface area contributed by atoms with E-state index in [0.717, 1.165) is 26.5 Å². The maximum Gasteiger partial charge on any atom is 0.0509 e. The van der Waals surface area contributed by atoms with Crippen LogP contribution in [0.15, 0.2) is 27.1 Å². The number of rotatable bonds is 5. The fourth-order valence-electron chi connectivity index (χ4n) is 1.09. The molecule has 0 aliphatic carbocycles. The summed E-state index contributed by atoms with van der Waals surface area (Å²) in [5.74, 6) is 0. The molecule has 0 fully saturated rings. The number of anilines is 1. The predicted molar refractivity (Wildman–Crippen MR) is 79.3 cm³/mol. The minimum absolute atomic E-state index is 0.146. The van der Waals surface area contributed by atoms with Crippen molar-refractivity contribution in [2.45, 2.75) is 6.92 Å². The Morgan fingerprint density at radius 2 is 2.06 bits per heavy atom. The number of halogens is 3. The number of hydrogen-bond donors (Lipinski definition) is 2. The lowest BCUT2D eigenvalue weighted by atomic mass is 9.95. The van der Waals surface area contributed by atoms with Crippen molar-refractivity contribution < 1.29 is 5.11 Å². The highest BCUT2D eigenvalue weighted by molar-refractivity contribution is 9.11. The van der Waals surface area contributed by atoms with Gasteiger partial charge < -0.3 is 10.4 Å². The highest BCUT2D eigenvalue weighted by Crippen LogP contribution is 2.28. The molecule has 1 rings (SSSR count). The van der Waals surface area contributed by atoms with Gasteiger partial charge in [0.05, 0.1) is 6.61 Å². The fraction of sp³-hybridized carbons (Fsp3) is 0.455. The predicted octanol–water partition coefficient (Wildman–Crippen LogP) is 4.02. The van der Waals surface area contributed by atoms with Gasteiger partial charge >= 0.3 is 0 Å². The molecule has 1 aromatic rings. The zero-order valence-electron chi connectivity index (χ0n) is 8.93. The molecule has 0 bridgehead atoms. The molecule has 0 saturated carbocycles. The second-order valence-corrected chi connectivity index (χ2v) is 6.41. The summed E-state index contributed by atoms with van der Waals surface area (Å²) in [5.41, 5.74) is 0.885. The second-order valence-electron chi connectivity index (χ2n) is 4.08. The van der Waals surface area contributed by atoms with Gasteiger partial charge in [0.25, 0.3) is 0 Å². The van der Waals surface area contributed by atoms with Crippen molar-refractivity contribution >= 4 is 53.5 Å². The first-order valence-corrected chi connectivity index (χ1v) is 7.57. The fourth-order valence-corrected chi connectivity index (χ4v) is 2.65. The van der Waals surface area contributed by atoms with E-state index >= 15 is 0 Å². The monoisotopic (exact) mass is 413 g/mol. The van der Waals surface area contributed by atoms with Crippen molar-refractivity contribution in [3.8, 4) is 0 Å². The van der Waals surface area contributed by atoms with E-state index in [4.69, 9.17) is 0 Å². The van der Waals surface area contributed by atoms with E-state index in [1.54, 1.807) is 0 Å². The molecule has 1 atom stereocenters. The van der Waals surface area contributed by atoms with E-state index in [1.807, 2.05) is 25.1 Å². The average molecular weight is 416 g/mol. The number of nitrogens with one attached hydrogen (secondary N) is 1. The number of alkyl halides is 1. The zero-order chi connectivity index (χ0) is 12.2. The second kappa shape index (κ2) is 6.38. The lowest BCUT2D eigenvalue weighted by Crippen LogP contribution is -2.32. The van der Waals surface area contributed by atoms with Gasteiger partial charge in [-0.2, -0.15) is 0 Å². The third kappa shape index (κ3) is 4.02. The van der Waals surface area contributed by atoms with E-state index in [0.29, 0.717) is 0 Å². The van der Waals surface area contributed by atoms with Gasteiger partial charge in [-0.15, -0.1) is 0 Å². The minimum atomic E-state index is -0.146. The maximum absolute atomic E-state index is 9.29. The first-order chi connectivity index (χ1) is 7.50. The Kier molecular flexibility index (Phi) is 5.77. The average Bonchev–Trinajstić information content (AvgIpc) is 2.27. The van der Waals surface area contributed by atoms with E-state index in [1.165, 1.54) is 0 Å². The Morgan fingerprint density at radius 1 is 1.38 bits per heavy atom. The summed E-state index contributed by atoms with van der Waals surface area (Å²) in [6, 6.07) is 5.98. The summed E-state index contributed by atoms with van der Waals surface area (Å²) in [6.07, 6.45) is 0. The summed E-state index contributed by atoms with van der Waals surface area (Å²) in [5, 5.41) is 13.4. The van der Waals surface area contributed by atoms with Gasteiger partial charge in [-0.05, 0) is 34.1 Å². The van der Waals surface area contributed by atoms with Gasteiger partial charge in [0, 0.05) is 31.9 Å². The number of aliphatic hydroxyl groups excluding tert-OH is 1. The van der Waals surface area contributed by atoms with E-state index in [9.17, 15) is 5.11 Å². The Morgan fingerprint density at radius 3 is 2.56 bits per heavy atom. The number of benzene rings is 1. The summed E-state index contributed by atoms with van der Waals surface area (Å²) < 4.78 is 2.05. The molecule has 0 amide bonds. The highest BCUT2D eigenvalue weighted by Gasteiger charge is 2.21. The quantitative estimate of drug-likeness (QED) is 0.712. The van der Waals surface area contributed by atoms with Gasteiger partial charge in [0.2, 0.25) is 0 Å². The van der Waals surface area contributed by atoms with Gasteiger partial charge in [-0.3, -0.25) is 0 Å². The molecule has 0 radical (unpaired) electrons. The molecule has 16 heavy (non-hydrogen) atoms. The standard InChI is InChI=1S/C11H14Br3NO/c1-11(5-12,7-16)6-15-10-3-2-8(13)4-9(10)14/h2-4,15-16H,5-7H2,1H3. The van der Waals surface area contributed by atoms with Gasteiger partial charge in [-0.25, -0.2) is 0 Å². The van der Waals surface area contributed by atoms with E-state index in [-0.39, 0.29) is 12.0 Å². The molecule has 1 aromatic carbocycles. The van der Waals surface area contributed by atoms with Crippen LogP contribution >= 0.6 is 47.8 Å². The van der Waals surface area contributed by atoms with Crippen LogP contribution in [0.5, 0.6) is 0 Å². The molecule has 90 valence electrons. The van der Waals surface area contributed by atoms with Crippen molar-refractivity contribution in [3.63, 3.8) is 0 Å². The Bertz CT molecular complexity index is 353. The minimum Gasteiger partial charge on any atom is -0.396 e. The van der Waals surface area contributed by atoms with Crippen LogP contribution in [-0.2, 0) is 0 Å². The lowest BCUT2D eigenvalue weighted by Gasteiger charge is -2.25. The molecule has 2 nitrogen and oxygen atoms in total. The van der Waals surface area contributed by atoms with Gasteiger partial charge in [0.15, 0.2) is 0 Å². The third-order valence-electron chi connectivity index (χ3n) is 2.34. The third-order valence-corrected chi connectivity index (χ3v) is 4.84. The lowest BCUT2D eigenvalue weighted by molar-refractivity contribution is 0.176. The molecule has 0 aliphatic heterocycles. The molecule has 0 saturated heterocycles. The van der Waals surface area contributed by atoms with Crippen LogP contribution in [0.25, 0.3) is 0 Å². The van der Waals surface area contributed by atoms with Gasteiger partial charge in [-0.1, -0.05) is 38.8 Å². The molecule has 0 heterocycles. The van der Waals surface area contributed by atoms with Crippen LogP contribution in [-0.4, -0.2) is 23.6 Å². The van der Waals surface area contributed by atoms with Crippen LogP contribution in [0.2, 0.25) is 0 Å². The first-order valence-electron chi connectivity index (χ1n) is 4.86. The van der Waals surface area contributed by atoms with Crippen LogP contribution in [0.4, 0.5) is 5.69 Å². The largest absolute Gasteiger partial charge is 0.396 e. The van der Waals surface area contributed by atoms with Gasteiger partial charge in [0.1, 0.15) is 0 Å². The molecular weight excluding hydrogens is 402 g/mol. The normalized spacial score (nSPS) is 14.6. The highest BCUT2D eigenvalue weighted by atomic mass is 79.9. The topological polar surface area (TPSA) is 32.3 Å². The van der Waals surface area contributed by atoms with Crippen LogP contribution in [0.3, 0.4) is 0 Å². The summed E-state index contributed by atoms with van der Waals surface area (Å²) in [4.78, 5) is 0.